The molecule has 0 spiro atoms. The molecule has 1 fully saturated rings. The summed E-state index contributed by atoms with van der Waals surface area (Å²) < 4.78 is 20.6. The fourth-order valence-corrected chi connectivity index (χ4v) is 3.19. The SMILES string of the molecule is O=C(OCc1ccccc1)OC[C@H]1CC(O)C[C@@H]1OC(=O)OCc1ccccc1. The monoisotopic (exact) mass is 400 g/mol. The predicted molar refractivity (Wildman–Crippen MR) is 103 cm³/mol. The van der Waals surface area contributed by atoms with E-state index in [0.717, 1.165) is 11.1 Å². The molecule has 0 bridgehead atoms. The first-order chi connectivity index (χ1) is 14.1. The van der Waals surface area contributed by atoms with E-state index in [-0.39, 0.29) is 32.2 Å². The maximum absolute atomic E-state index is 12.0. The standard InChI is InChI=1S/C22H24O7/c23-19-11-18(15-28-21(24)26-13-16-7-3-1-4-8-16)20(12-19)29-22(25)27-14-17-9-5-2-6-10-17/h1-10,18-20,23H,11-15H2/t18-,19?,20+/m1/s1. The van der Waals surface area contributed by atoms with Crippen LogP contribution in [-0.4, -0.2) is 36.2 Å². The smallest absolute Gasteiger partial charge is 0.434 e. The van der Waals surface area contributed by atoms with Crippen LogP contribution >= 0.6 is 0 Å². The highest BCUT2D eigenvalue weighted by Gasteiger charge is 2.37. The molecule has 7 heteroatoms. The predicted octanol–water partition coefficient (Wildman–Crippen LogP) is 3.83. The van der Waals surface area contributed by atoms with Gasteiger partial charge >= 0.3 is 12.3 Å². The first-order valence-corrected chi connectivity index (χ1v) is 9.49. The van der Waals surface area contributed by atoms with Gasteiger partial charge in [-0.1, -0.05) is 60.7 Å². The summed E-state index contributed by atoms with van der Waals surface area (Å²) in [6, 6.07) is 18.5. The lowest BCUT2D eigenvalue weighted by molar-refractivity contribution is -0.0134. The molecule has 1 aliphatic carbocycles. The Hall–Kier alpha value is -3.06. The summed E-state index contributed by atoms with van der Waals surface area (Å²) in [5, 5.41) is 9.90. The van der Waals surface area contributed by atoms with E-state index in [0.29, 0.717) is 6.42 Å². The van der Waals surface area contributed by atoms with Crippen LogP contribution in [0.5, 0.6) is 0 Å². The average molecular weight is 400 g/mol. The van der Waals surface area contributed by atoms with Crippen molar-refractivity contribution in [3.05, 3.63) is 71.8 Å². The van der Waals surface area contributed by atoms with Crippen LogP contribution in [0.2, 0.25) is 0 Å². The molecule has 0 aliphatic heterocycles. The second-order valence-electron chi connectivity index (χ2n) is 6.90. The second-order valence-corrected chi connectivity index (χ2v) is 6.90. The fourth-order valence-electron chi connectivity index (χ4n) is 3.19. The molecule has 3 rings (SSSR count). The van der Waals surface area contributed by atoms with Gasteiger partial charge in [-0.2, -0.15) is 0 Å². The highest BCUT2D eigenvalue weighted by atomic mass is 16.7. The van der Waals surface area contributed by atoms with Gasteiger partial charge in [0.1, 0.15) is 25.9 Å². The van der Waals surface area contributed by atoms with Gasteiger partial charge in [-0.05, 0) is 17.5 Å². The molecule has 0 amide bonds. The summed E-state index contributed by atoms with van der Waals surface area (Å²) in [6.07, 6.45) is -2.20. The fraction of sp³-hybridized carbons (Fsp3) is 0.364. The van der Waals surface area contributed by atoms with Crippen molar-refractivity contribution >= 4 is 12.3 Å². The molecule has 2 aromatic carbocycles. The molecule has 1 aliphatic rings. The zero-order valence-electron chi connectivity index (χ0n) is 15.9. The van der Waals surface area contributed by atoms with Gasteiger partial charge in [0.2, 0.25) is 0 Å². The van der Waals surface area contributed by atoms with Crippen molar-refractivity contribution in [2.24, 2.45) is 5.92 Å². The van der Waals surface area contributed by atoms with Crippen LogP contribution in [0, 0.1) is 5.92 Å². The van der Waals surface area contributed by atoms with Crippen LogP contribution in [0.4, 0.5) is 9.59 Å². The van der Waals surface area contributed by atoms with E-state index in [1.54, 1.807) is 0 Å². The Morgan fingerprint density at radius 2 is 1.34 bits per heavy atom. The molecule has 1 N–H and O–H groups in total. The van der Waals surface area contributed by atoms with E-state index in [9.17, 15) is 14.7 Å². The number of hydrogen-bond donors (Lipinski definition) is 1. The molecule has 0 aromatic heterocycles. The van der Waals surface area contributed by atoms with Gasteiger partial charge < -0.3 is 24.1 Å². The Kier molecular flexibility index (Phi) is 7.47. The molecule has 1 saturated carbocycles. The number of carbonyl (C=O) groups excluding carboxylic acids is 2. The first kappa shape index (κ1) is 20.7. The summed E-state index contributed by atoms with van der Waals surface area (Å²) in [5.74, 6) is -0.321. The van der Waals surface area contributed by atoms with Gasteiger partial charge in [-0.15, -0.1) is 0 Å². The van der Waals surface area contributed by atoms with Crippen LogP contribution < -0.4 is 0 Å². The third-order valence-electron chi connectivity index (χ3n) is 4.67. The Morgan fingerprint density at radius 1 is 0.793 bits per heavy atom. The van der Waals surface area contributed by atoms with Crippen molar-refractivity contribution in [2.45, 2.75) is 38.3 Å². The number of rotatable bonds is 7. The number of aliphatic hydroxyl groups excluding tert-OH is 1. The lowest BCUT2D eigenvalue weighted by Gasteiger charge is -2.19. The molecule has 0 radical (unpaired) electrons. The highest BCUT2D eigenvalue weighted by Crippen LogP contribution is 2.29. The minimum Gasteiger partial charge on any atom is -0.434 e. The summed E-state index contributed by atoms with van der Waals surface area (Å²) in [6.45, 7) is 0.196. The van der Waals surface area contributed by atoms with E-state index in [2.05, 4.69) is 0 Å². The summed E-state index contributed by atoms with van der Waals surface area (Å²) >= 11 is 0. The van der Waals surface area contributed by atoms with E-state index in [1.165, 1.54) is 0 Å². The van der Waals surface area contributed by atoms with Crippen molar-refractivity contribution in [3.8, 4) is 0 Å². The van der Waals surface area contributed by atoms with Gasteiger partial charge in [0.05, 0.1) is 6.10 Å². The van der Waals surface area contributed by atoms with Crippen molar-refractivity contribution in [1.29, 1.82) is 0 Å². The number of carbonyl (C=O) groups is 2. The molecule has 0 heterocycles. The van der Waals surface area contributed by atoms with Crippen LogP contribution in [0.15, 0.2) is 60.7 Å². The molecule has 154 valence electrons. The van der Waals surface area contributed by atoms with Gasteiger partial charge in [-0.25, -0.2) is 9.59 Å². The maximum Gasteiger partial charge on any atom is 0.508 e. The normalized spacial score (nSPS) is 20.7. The number of aliphatic hydroxyl groups is 1. The van der Waals surface area contributed by atoms with E-state index >= 15 is 0 Å². The summed E-state index contributed by atoms with van der Waals surface area (Å²) in [4.78, 5) is 23.8. The van der Waals surface area contributed by atoms with Crippen molar-refractivity contribution in [2.75, 3.05) is 6.61 Å². The number of hydrogen-bond acceptors (Lipinski definition) is 7. The quantitative estimate of drug-likeness (QED) is 0.706. The summed E-state index contributed by atoms with van der Waals surface area (Å²) in [5.41, 5.74) is 1.69. The second kappa shape index (κ2) is 10.5. The lowest BCUT2D eigenvalue weighted by atomic mass is 10.1. The van der Waals surface area contributed by atoms with Crippen LogP contribution in [-0.2, 0) is 32.2 Å². The molecular formula is C22H24O7. The van der Waals surface area contributed by atoms with E-state index < -0.39 is 24.5 Å². The van der Waals surface area contributed by atoms with E-state index in [4.69, 9.17) is 18.9 Å². The van der Waals surface area contributed by atoms with Crippen LogP contribution in [0.3, 0.4) is 0 Å². The summed E-state index contributed by atoms with van der Waals surface area (Å²) in [7, 11) is 0. The van der Waals surface area contributed by atoms with Gasteiger partial charge in [0.25, 0.3) is 0 Å². The largest absolute Gasteiger partial charge is 0.508 e. The average Bonchev–Trinajstić information content (AvgIpc) is 3.09. The minimum absolute atomic E-state index is 0.0126. The van der Waals surface area contributed by atoms with Crippen molar-refractivity contribution < 1.29 is 33.6 Å². The third-order valence-corrected chi connectivity index (χ3v) is 4.67. The molecule has 2 aromatic rings. The first-order valence-electron chi connectivity index (χ1n) is 9.49. The van der Waals surface area contributed by atoms with E-state index in [1.807, 2.05) is 60.7 Å². The molecule has 3 atom stereocenters. The van der Waals surface area contributed by atoms with Crippen LogP contribution in [0.25, 0.3) is 0 Å². The lowest BCUT2D eigenvalue weighted by Crippen LogP contribution is -2.27. The number of ether oxygens (including phenoxy) is 4. The Labute approximate surface area is 169 Å². The molecule has 0 saturated heterocycles. The highest BCUT2D eigenvalue weighted by molar-refractivity contribution is 5.60. The van der Waals surface area contributed by atoms with Gasteiger partial charge in [-0.3, -0.25) is 0 Å². The van der Waals surface area contributed by atoms with Crippen LogP contribution in [0.1, 0.15) is 24.0 Å². The molecular weight excluding hydrogens is 376 g/mol. The third kappa shape index (κ3) is 6.80. The number of benzene rings is 2. The Balaban J connectivity index is 1.40. The zero-order valence-corrected chi connectivity index (χ0v) is 15.9. The Bertz CT molecular complexity index is 778. The maximum atomic E-state index is 12.0. The molecule has 7 nitrogen and oxygen atoms in total. The van der Waals surface area contributed by atoms with Crippen molar-refractivity contribution in [1.82, 2.24) is 0 Å². The zero-order chi connectivity index (χ0) is 20.5. The molecule has 29 heavy (non-hydrogen) atoms. The Morgan fingerprint density at radius 3 is 1.93 bits per heavy atom. The minimum atomic E-state index is -0.815. The van der Waals surface area contributed by atoms with Crippen molar-refractivity contribution in [3.63, 3.8) is 0 Å². The molecule has 1 unspecified atom stereocenters. The topological polar surface area (TPSA) is 91.3 Å². The van der Waals surface area contributed by atoms with Gasteiger partial charge in [0.15, 0.2) is 0 Å². The van der Waals surface area contributed by atoms with Gasteiger partial charge in [0, 0.05) is 12.3 Å².